The van der Waals surface area contributed by atoms with Crippen LogP contribution in [0.5, 0.6) is 5.75 Å². The van der Waals surface area contributed by atoms with E-state index in [4.69, 9.17) is 4.74 Å². The maximum atomic E-state index is 14.6. The molecule has 4 aromatic rings. The number of rotatable bonds is 15. The molecule has 4 rings (SSSR count). The normalized spacial score (nSPS) is 12.5. The van der Waals surface area contributed by atoms with E-state index in [2.05, 4.69) is 5.32 Å². The molecule has 2 unspecified atom stereocenters. The number of para-hydroxylation sites is 2. The van der Waals surface area contributed by atoms with Crippen molar-refractivity contribution in [1.82, 2.24) is 10.2 Å². The van der Waals surface area contributed by atoms with E-state index in [-0.39, 0.29) is 35.5 Å². The van der Waals surface area contributed by atoms with Crippen LogP contribution in [-0.4, -0.2) is 50.4 Å². The number of hydrogen-bond acceptors (Lipinski definition) is 5. The first kappa shape index (κ1) is 34.2. The summed E-state index contributed by atoms with van der Waals surface area (Å²) in [5.74, 6) is -0.491. The number of benzene rings is 4. The topological polar surface area (TPSA) is 96.0 Å². The summed E-state index contributed by atoms with van der Waals surface area (Å²) in [5.41, 5.74) is 2.83. The van der Waals surface area contributed by atoms with Gasteiger partial charge in [-0.3, -0.25) is 13.9 Å². The Kier molecular flexibility index (Phi) is 12.0. The Labute approximate surface area is 273 Å². The van der Waals surface area contributed by atoms with Gasteiger partial charge in [-0.25, -0.2) is 8.42 Å². The first-order valence-electron chi connectivity index (χ1n) is 15.6. The van der Waals surface area contributed by atoms with Crippen LogP contribution in [0.4, 0.5) is 5.69 Å². The summed E-state index contributed by atoms with van der Waals surface area (Å²) in [7, 11) is -4.24. The summed E-state index contributed by atoms with van der Waals surface area (Å²) in [6.07, 6.45) is 0.967. The molecule has 0 spiro atoms. The maximum Gasteiger partial charge on any atom is 0.264 e. The molecule has 0 radical (unpaired) electrons. The molecule has 2 atom stereocenters. The number of hydrogen-bond donors (Lipinski definition) is 1. The molecule has 242 valence electrons. The average Bonchev–Trinajstić information content (AvgIpc) is 3.06. The van der Waals surface area contributed by atoms with E-state index in [1.54, 1.807) is 36.4 Å². The van der Waals surface area contributed by atoms with Crippen molar-refractivity contribution < 1.29 is 22.7 Å². The van der Waals surface area contributed by atoms with Gasteiger partial charge in [-0.15, -0.1) is 0 Å². The van der Waals surface area contributed by atoms with E-state index < -0.39 is 28.5 Å². The summed E-state index contributed by atoms with van der Waals surface area (Å²) >= 11 is 0. The van der Waals surface area contributed by atoms with Gasteiger partial charge in [0.1, 0.15) is 18.3 Å². The van der Waals surface area contributed by atoms with Gasteiger partial charge < -0.3 is 15.0 Å². The number of nitrogens with one attached hydrogen (secondary N) is 1. The van der Waals surface area contributed by atoms with Crippen molar-refractivity contribution in [2.24, 2.45) is 0 Å². The van der Waals surface area contributed by atoms with Gasteiger partial charge in [-0.05, 0) is 62.6 Å². The summed E-state index contributed by atoms with van der Waals surface area (Å²) in [6, 6.07) is 31.2. The number of amides is 2. The zero-order chi connectivity index (χ0) is 33.1. The van der Waals surface area contributed by atoms with Gasteiger partial charge in [0.05, 0.1) is 17.2 Å². The summed E-state index contributed by atoms with van der Waals surface area (Å²) in [4.78, 5) is 30.1. The van der Waals surface area contributed by atoms with Crippen LogP contribution in [0.25, 0.3) is 0 Å². The molecule has 0 aromatic heterocycles. The standard InChI is InChI=1S/C37H43N3O5S/c1-5-29(4)38-37(42)34(25-30-15-9-7-10-16-30)39(26-31-17-11-8-12-18-31)36(41)27-40(33-19-13-14-20-35(33)45-6-2)46(43,44)32-23-21-28(3)22-24-32/h7-24,29,34H,5-6,25-27H2,1-4H3,(H,38,42). The highest BCUT2D eigenvalue weighted by Gasteiger charge is 2.35. The average molecular weight is 642 g/mol. The van der Waals surface area contributed by atoms with Crippen molar-refractivity contribution in [3.05, 3.63) is 126 Å². The Morgan fingerprint density at radius 2 is 1.39 bits per heavy atom. The van der Waals surface area contributed by atoms with Crippen molar-refractivity contribution in [3.8, 4) is 5.75 Å². The zero-order valence-corrected chi connectivity index (χ0v) is 27.7. The van der Waals surface area contributed by atoms with Crippen LogP contribution in [0, 0.1) is 6.92 Å². The van der Waals surface area contributed by atoms with Crippen LogP contribution in [0.15, 0.2) is 114 Å². The Morgan fingerprint density at radius 3 is 2.00 bits per heavy atom. The second-order valence-corrected chi connectivity index (χ2v) is 13.1. The van der Waals surface area contributed by atoms with Gasteiger partial charge in [0, 0.05) is 19.0 Å². The van der Waals surface area contributed by atoms with Crippen LogP contribution in [0.2, 0.25) is 0 Å². The fourth-order valence-electron chi connectivity index (χ4n) is 5.07. The smallest absolute Gasteiger partial charge is 0.264 e. The molecule has 0 aliphatic heterocycles. The summed E-state index contributed by atoms with van der Waals surface area (Å²) in [6.45, 7) is 7.45. The fraction of sp³-hybridized carbons (Fsp3) is 0.297. The van der Waals surface area contributed by atoms with Gasteiger partial charge in [-0.1, -0.05) is 97.4 Å². The third-order valence-electron chi connectivity index (χ3n) is 7.79. The molecule has 0 saturated heterocycles. The Morgan fingerprint density at radius 1 is 0.804 bits per heavy atom. The third kappa shape index (κ3) is 8.75. The third-order valence-corrected chi connectivity index (χ3v) is 9.56. The van der Waals surface area contributed by atoms with Gasteiger partial charge >= 0.3 is 0 Å². The largest absolute Gasteiger partial charge is 0.492 e. The quantitative estimate of drug-likeness (QED) is 0.168. The Balaban J connectivity index is 1.83. The van der Waals surface area contributed by atoms with Crippen LogP contribution < -0.4 is 14.4 Å². The van der Waals surface area contributed by atoms with Gasteiger partial charge in [0.15, 0.2) is 0 Å². The van der Waals surface area contributed by atoms with E-state index in [0.717, 1.165) is 21.0 Å². The highest BCUT2D eigenvalue weighted by molar-refractivity contribution is 7.92. The molecule has 0 saturated carbocycles. The minimum Gasteiger partial charge on any atom is -0.492 e. The highest BCUT2D eigenvalue weighted by atomic mass is 32.2. The second-order valence-electron chi connectivity index (χ2n) is 11.3. The van der Waals surface area contributed by atoms with E-state index in [0.29, 0.717) is 18.8 Å². The number of carbonyl (C=O) groups excluding carboxylic acids is 2. The van der Waals surface area contributed by atoms with E-state index in [1.165, 1.54) is 17.0 Å². The SMILES string of the molecule is CCOc1ccccc1N(CC(=O)N(Cc1ccccc1)C(Cc1ccccc1)C(=O)NC(C)CC)S(=O)(=O)c1ccc(C)cc1. The Hall–Kier alpha value is -4.63. The number of anilines is 1. The molecule has 46 heavy (non-hydrogen) atoms. The highest BCUT2D eigenvalue weighted by Crippen LogP contribution is 2.33. The van der Waals surface area contributed by atoms with Crippen LogP contribution in [-0.2, 0) is 32.6 Å². The number of carbonyl (C=O) groups is 2. The summed E-state index contributed by atoms with van der Waals surface area (Å²) < 4.78 is 35.6. The molecule has 0 fully saturated rings. The van der Waals surface area contributed by atoms with Crippen molar-refractivity contribution >= 4 is 27.5 Å². The van der Waals surface area contributed by atoms with Crippen LogP contribution >= 0.6 is 0 Å². The lowest BCUT2D eigenvalue weighted by atomic mass is 10.0. The second kappa shape index (κ2) is 16.1. The van der Waals surface area contributed by atoms with Crippen LogP contribution in [0.1, 0.15) is 43.9 Å². The zero-order valence-electron chi connectivity index (χ0n) is 26.9. The van der Waals surface area contributed by atoms with Crippen molar-refractivity contribution in [1.29, 1.82) is 0 Å². The first-order valence-corrected chi connectivity index (χ1v) is 17.1. The lowest BCUT2D eigenvalue weighted by Gasteiger charge is -2.34. The van der Waals surface area contributed by atoms with Gasteiger partial charge in [0.2, 0.25) is 11.8 Å². The van der Waals surface area contributed by atoms with Crippen LogP contribution in [0.3, 0.4) is 0 Å². The van der Waals surface area contributed by atoms with Gasteiger partial charge in [-0.2, -0.15) is 0 Å². The minimum atomic E-state index is -4.24. The van der Waals surface area contributed by atoms with E-state index in [1.807, 2.05) is 88.4 Å². The fourth-order valence-corrected chi connectivity index (χ4v) is 6.49. The molecule has 1 N–H and O–H groups in total. The lowest BCUT2D eigenvalue weighted by molar-refractivity contribution is -0.140. The van der Waals surface area contributed by atoms with E-state index in [9.17, 15) is 18.0 Å². The molecule has 4 aromatic carbocycles. The minimum absolute atomic E-state index is 0.0437. The maximum absolute atomic E-state index is 14.6. The molecule has 2 amide bonds. The number of nitrogens with zero attached hydrogens (tertiary/aromatic N) is 2. The predicted molar refractivity (Wildman–Crippen MR) is 182 cm³/mol. The molecular weight excluding hydrogens is 598 g/mol. The number of sulfonamides is 1. The molecule has 8 nitrogen and oxygen atoms in total. The molecule has 0 aliphatic carbocycles. The lowest BCUT2D eigenvalue weighted by Crippen LogP contribution is -2.54. The predicted octanol–water partition coefficient (Wildman–Crippen LogP) is 6.14. The molecule has 9 heteroatoms. The van der Waals surface area contributed by atoms with E-state index >= 15 is 0 Å². The van der Waals surface area contributed by atoms with Crippen molar-refractivity contribution in [2.75, 3.05) is 17.5 Å². The van der Waals surface area contributed by atoms with Crippen molar-refractivity contribution in [2.45, 2.75) is 64.1 Å². The molecule has 0 aliphatic rings. The monoisotopic (exact) mass is 641 g/mol. The van der Waals surface area contributed by atoms with Crippen molar-refractivity contribution in [3.63, 3.8) is 0 Å². The summed E-state index contributed by atoms with van der Waals surface area (Å²) in [5, 5.41) is 3.06. The Bertz CT molecular complexity index is 1680. The first-order chi connectivity index (χ1) is 22.1. The number of ether oxygens (including phenoxy) is 1. The molecular formula is C37H43N3O5S. The van der Waals surface area contributed by atoms with Gasteiger partial charge in [0.25, 0.3) is 10.0 Å². The molecule has 0 bridgehead atoms. The number of aryl methyl sites for hydroxylation is 1. The molecule has 0 heterocycles.